The molecule has 0 radical (unpaired) electrons. The van der Waals surface area contributed by atoms with E-state index in [1.165, 1.54) is 18.2 Å². The molecule has 0 saturated heterocycles. The highest BCUT2D eigenvalue weighted by molar-refractivity contribution is 7.91. The van der Waals surface area contributed by atoms with Gasteiger partial charge >= 0.3 is 6.18 Å². The first-order valence-electron chi connectivity index (χ1n) is 11.1. The molecule has 3 aromatic rings. The third-order valence-electron chi connectivity index (χ3n) is 6.26. The van der Waals surface area contributed by atoms with Crippen LogP contribution in [0.4, 0.5) is 13.2 Å². The van der Waals surface area contributed by atoms with Crippen LogP contribution in [0, 0.1) is 25.2 Å². The van der Waals surface area contributed by atoms with Crippen LogP contribution in [0.25, 0.3) is 0 Å². The molecule has 0 spiro atoms. The van der Waals surface area contributed by atoms with E-state index in [0.717, 1.165) is 35.7 Å². The monoisotopic (exact) mass is 530 g/mol. The number of rotatable bonds is 7. The standard InChI is InChI=1S/C27H25F3N2O4S/c1-16-8-9-17(2)21(12-16)13-18-6-4-5-7-23(18)37(35,36)24(26(3,34)25(32)33)19-10-11-20(15-31)22(14-19)27(28,29)30/h4-12,14,24,34H,13H2,1-3H3,(H2,32,33). The highest BCUT2D eigenvalue weighted by Gasteiger charge is 2.49. The molecule has 6 nitrogen and oxygen atoms in total. The summed E-state index contributed by atoms with van der Waals surface area (Å²) in [6, 6.07) is 15.2. The van der Waals surface area contributed by atoms with E-state index < -0.39 is 49.5 Å². The van der Waals surface area contributed by atoms with Gasteiger partial charge in [0.15, 0.2) is 15.4 Å². The van der Waals surface area contributed by atoms with E-state index >= 15 is 0 Å². The molecular formula is C27H25F3N2O4S. The van der Waals surface area contributed by atoms with Crippen LogP contribution in [0.1, 0.15) is 51.1 Å². The van der Waals surface area contributed by atoms with Gasteiger partial charge in [-0.05, 0) is 67.6 Å². The van der Waals surface area contributed by atoms with Crippen molar-refractivity contribution in [3.63, 3.8) is 0 Å². The van der Waals surface area contributed by atoms with Crippen molar-refractivity contribution in [2.75, 3.05) is 0 Å². The number of hydrogen-bond donors (Lipinski definition) is 2. The van der Waals surface area contributed by atoms with Crippen LogP contribution in [-0.2, 0) is 27.2 Å². The smallest absolute Gasteiger partial charge is 0.379 e. The fourth-order valence-electron chi connectivity index (χ4n) is 4.24. The molecule has 194 valence electrons. The number of halogens is 3. The summed E-state index contributed by atoms with van der Waals surface area (Å²) in [7, 11) is -4.71. The van der Waals surface area contributed by atoms with Crippen molar-refractivity contribution in [3.05, 3.63) is 99.6 Å². The molecule has 0 fully saturated rings. The van der Waals surface area contributed by atoms with Crippen LogP contribution < -0.4 is 5.73 Å². The first kappa shape index (κ1) is 27.9. The highest BCUT2D eigenvalue weighted by atomic mass is 32.2. The molecular weight excluding hydrogens is 505 g/mol. The van der Waals surface area contributed by atoms with Gasteiger partial charge in [0.1, 0.15) is 5.25 Å². The first-order chi connectivity index (χ1) is 17.1. The second-order valence-corrected chi connectivity index (χ2v) is 11.1. The van der Waals surface area contributed by atoms with Gasteiger partial charge in [0, 0.05) is 0 Å². The molecule has 1 amide bonds. The Morgan fingerprint density at radius 3 is 2.30 bits per heavy atom. The lowest BCUT2D eigenvalue weighted by Crippen LogP contribution is -2.49. The Balaban J connectivity index is 2.28. The predicted molar refractivity (Wildman–Crippen MR) is 131 cm³/mol. The van der Waals surface area contributed by atoms with Gasteiger partial charge in [0.05, 0.1) is 22.1 Å². The summed E-state index contributed by atoms with van der Waals surface area (Å²) in [6.45, 7) is 4.59. The van der Waals surface area contributed by atoms with Gasteiger partial charge < -0.3 is 10.8 Å². The highest BCUT2D eigenvalue weighted by Crippen LogP contribution is 2.42. The second kappa shape index (κ2) is 10.00. The Hall–Kier alpha value is -3.68. The number of carbonyl (C=O) groups excluding carboxylic acids is 1. The molecule has 37 heavy (non-hydrogen) atoms. The van der Waals surface area contributed by atoms with E-state index in [1.54, 1.807) is 12.1 Å². The molecule has 0 heterocycles. The first-order valence-corrected chi connectivity index (χ1v) is 12.7. The zero-order chi connectivity index (χ0) is 27.8. The van der Waals surface area contributed by atoms with Crippen LogP contribution in [0.15, 0.2) is 65.6 Å². The van der Waals surface area contributed by atoms with Crippen LogP contribution >= 0.6 is 0 Å². The summed E-state index contributed by atoms with van der Waals surface area (Å²) in [6.07, 6.45) is -4.82. The maximum Gasteiger partial charge on any atom is 0.417 e. The summed E-state index contributed by atoms with van der Waals surface area (Å²) >= 11 is 0. The minimum absolute atomic E-state index is 0.176. The fourth-order valence-corrected chi connectivity index (χ4v) is 6.50. The molecule has 0 bridgehead atoms. The molecule has 0 saturated carbocycles. The van der Waals surface area contributed by atoms with Crippen LogP contribution in [0.5, 0.6) is 0 Å². The number of carbonyl (C=O) groups is 1. The number of nitrogens with zero attached hydrogens (tertiary/aromatic N) is 1. The SMILES string of the molecule is Cc1ccc(C)c(Cc2ccccc2S(=O)(=O)C(c2ccc(C#N)c(C(F)(F)F)c2)C(C)(O)C(N)=O)c1. The van der Waals surface area contributed by atoms with Crippen LogP contribution in [-0.4, -0.2) is 25.0 Å². The Bertz CT molecular complexity index is 1510. The summed E-state index contributed by atoms with van der Waals surface area (Å²) < 4.78 is 69.1. The number of aliphatic hydroxyl groups is 1. The topological polar surface area (TPSA) is 121 Å². The molecule has 3 N–H and O–H groups in total. The predicted octanol–water partition coefficient (Wildman–Crippen LogP) is 4.54. The van der Waals surface area contributed by atoms with Gasteiger partial charge in [-0.15, -0.1) is 0 Å². The lowest BCUT2D eigenvalue weighted by atomic mass is 9.92. The van der Waals surface area contributed by atoms with Crippen LogP contribution in [0.3, 0.4) is 0 Å². The van der Waals surface area contributed by atoms with E-state index in [1.807, 2.05) is 32.0 Å². The average molecular weight is 531 g/mol. The van der Waals surface area contributed by atoms with Crippen LogP contribution in [0.2, 0.25) is 0 Å². The zero-order valence-corrected chi connectivity index (χ0v) is 21.1. The third-order valence-corrected chi connectivity index (χ3v) is 8.62. The summed E-state index contributed by atoms with van der Waals surface area (Å²) in [5.41, 5.74) is 2.90. The van der Waals surface area contributed by atoms with Gasteiger partial charge in [-0.1, -0.05) is 48.0 Å². The molecule has 3 aromatic carbocycles. The minimum atomic E-state index is -4.99. The molecule has 0 aromatic heterocycles. The number of primary amides is 1. The van der Waals surface area contributed by atoms with Crippen molar-refractivity contribution in [3.8, 4) is 6.07 Å². The van der Waals surface area contributed by atoms with Gasteiger partial charge in [-0.25, -0.2) is 8.42 Å². The molecule has 2 unspecified atom stereocenters. The number of amides is 1. The number of sulfone groups is 1. The summed E-state index contributed by atoms with van der Waals surface area (Å²) in [4.78, 5) is 11.9. The maximum atomic E-state index is 14.0. The van der Waals surface area contributed by atoms with E-state index in [-0.39, 0.29) is 11.3 Å². The molecule has 3 rings (SSSR count). The molecule has 2 atom stereocenters. The quantitative estimate of drug-likeness (QED) is 0.465. The largest absolute Gasteiger partial charge is 0.417 e. The number of benzene rings is 3. The van der Waals surface area contributed by atoms with E-state index in [0.29, 0.717) is 11.6 Å². The average Bonchev–Trinajstić information content (AvgIpc) is 2.80. The van der Waals surface area contributed by atoms with Crippen molar-refractivity contribution >= 4 is 15.7 Å². The van der Waals surface area contributed by atoms with Crippen molar-refractivity contribution in [2.24, 2.45) is 5.73 Å². The second-order valence-electron chi connectivity index (χ2n) is 9.07. The summed E-state index contributed by atoms with van der Waals surface area (Å²) in [5, 5.41) is 17.9. The Labute approximate surface area is 213 Å². The van der Waals surface area contributed by atoms with Gasteiger partial charge in [-0.3, -0.25) is 4.79 Å². The number of alkyl halides is 3. The Morgan fingerprint density at radius 2 is 1.70 bits per heavy atom. The number of nitrogens with two attached hydrogens (primary N) is 1. The van der Waals surface area contributed by atoms with Crippen molar-refractivity contribution in [1.82, 2.24) is 0 Å². The lowest BCUT2D eigenvalue weighted by molar-refractivity contribution is -0.137. The molecule has 0 aliphatic rings. The van der Waals surface area contributed by atoms with Gasteiger partial charge in [0.2, 0.25) is 0 Å². The zero-order valence-electron chi connectivity index (χ0n) is 20.3. The number of nitriles is 1. The van der Waals surface area contributed by atoms with E-state index in [2.05, 4.69) is 0 Å². The molecule has 10 heteroatoms. The Kier molecular flexibility index (Phi) is 7.54. The maximum absolute atomic E-state index is 14.0. The lowest BCUT2D eigenvalue weighted by Gasteiger charge is -2.31. The number of aryl methyl sites for hydroxylation is 2. The fraction of sp³-hybridized carbons (Fsp3) is 0.259. The number of hydrogen-bond acceptors (Lipinski definition) is 5. The van der Waals surface area contributed by atoms with Crippen molar-refractivity contribution in [1.29, 1.82) is 5.26 Å². The van der Waals surface area contributed by atoms with E-state index in [4.69, 9.17) is 11.0 Å². The molecule has 0 aliphatic carbocycles. The minimum Gasteiger partial charge on any atom is -0.379 e. The normalized spacial score (nSPS) is 14.4. The third kappa shape index (κ3) is 5.53. The van der Waals surface area contributed by atoms with Gasteiger partial charge in [-0.2, -0.15) is 18.4 Å². The van der Waals surface area contributed by atoms with Crippen molar-refractivity contribution in [2.45, 2.75) is 49.1 Å². The van der Waals surface area contributed by atoms with Gasteiger partial charge in [0.25, 0.3) is 5.91 Å². The van der Waals surface area contributed by atoms with E-state index in [9.17, 15) is 31.5 Å². The van der Waals surface area contributed by atoms with Crippen molar-refractivity contribution < 1.29 is 31.5 Å². The Morgan fingerprint density at radius 1 is 1.05 bits per heavy atom. The molecule has 0 aliphatic heterocycles. The summed E-state index contributed by atoms with van der Waals surface area (Å²) in [5.74, 6) is -1.44.